The van der Waals surface area contributed by atoms with Crippen LogP contribution in [0.25, 0.3) is 11.0 Å². The normalized spacial score (nSPS) is 10.7. The van der Waals surface area contributed by atoms with Crippen molar-refractivity contribution < 1.29 is 13.9 Å². The molecule has 0 aliphatic heterocycles. The highest BCUT2D eigenvalue weighted by Crippen LogP contribution is 2.29. The van der Waals surface area contributed by atoms with E-state index in [0.29, 0.717) is 23.8 Å². The van der Waals surface area contributed by atoms with E-state index in [9.17, 15) is 4.79 Å². The molecule has 3 rings (SSSR count). The Kier molecular flexibility index (Phi) is 4.06. The molecule has 0 radical (unpaired) electrons. The van der Waals surface area contributed by atoms with Crippen LogP contribution in [0.2, 0.25) is 0 Å². The van der Waals surface area contributed by atoms with Crippen molar-refractivity contribution in [2.24, 2.45) is 0 Å². The Balaban J connectivity index is 1.96. The summed E-state index contributed by atoms with van der Waals surface area (Å²) in [5.41, 5.74) is 3.25. The van der Waals surface area contributed by atoms with Crippen molar-refractivity contribution in [2.75, 3.05) is 11.9 Å². The Bertz CT molecular complexity index is 864. The van der Waals surface area contributed by atoms with Crippen LogP contribution in [0.1, 0.15) is 28.6 Å². The standard InChI is InChI=1S/C19H19NO3/c1-4-22-16-11-6-5-10-15(16)20-19(21)18-13(3)14-9-7-8-12(2)17(14)23-18/h5-11H,4H2,1-3H3,(H,20,21). The number of para-hydroxylation sites is 3. The van der Waals surface area contributed by atoms with E-state index in [1.54, 1.807) is 0 Å². The summed E-state index contributed by atoms with van der Waals surface area (Å²) in [5, 5.41) is 3.84. The lowest BCUT2D eigenvalue weighted by Gasteiger charge is -2.10. The first kappa shape index (κ1) is 15.2. The molecule has 0 saturated carbocycles. The first-order valence-electron chi connectivity index (χ1n) is 7.63. The average molecular weight is 309 g/mol. The van der Waals surface area contributed by atoms with E-state index in [1.165, 1.54) is 0 Å². The Labute approximate surface area is 135 Å². The van der Waals surface area contributed by atoms with Gasteiger partial charge in [-0.2, -0.15) is 0 Å². The first-order chi connectivity index (χ1) is 11.1. The van der Waals surface area contributed by atoms with Crippen molar-refractivity contribution in [3.63, 3.8) is 0 Å². The number of hydrogen-bond donors (Lipinski definition) is 1. The number of hydrogen-bond acceptors (Lipinski definition) is 3. The van der Waals surface area contributed by atoms with E-state index in [0.717, 1.165) is 22.1 Å². The lowest BCUT2D eigenvalue weighted by atomic mass is 10.1. The van der Waals surface area contributed by atoms with E-state index in [-0.39, 0.29) is 5.91 Å². The number of benzene rings is 2. The predicted molar refractivity (Wildman–Crippen MR) is 91.3 cm³/mol. The van der Waals surface area contributed by atoms with E-state index >= 15 is 0 Å². The van der Waals surface area contributed by atoms with Gasteiger partial charge in [0.05, 0.1) is 12.3 Å². The van der Waals surface area contributed by atoms with Crippen LogP contribution in [0.15, 0.2) is 46.9 Å². The van der Waals surface area contributed by atoms with E-state index in [4.69, 9.17) is 9.15 Å². The summed E-state index contributed by atoms with van der Waals surface area (Å²) in [4.78, 5) is 12.6. The molecule has 0 bridgehead atoms. The lowest BCUT2D eigenvalue weighted by Crippen LogP contribution is -2.13. The number of carbonyl (C=O) groups is 1. The fraction of sp³-hybridized carbons (Fsp3) is 0.211. The van der Waals surface area contributed by atoms with Gasteiger partial charge in [0, 0.05) is 10.9 Å². The van der Waals surface area contributed by atoms with Crippen molar-refractivity contribution in [2.45, 2.75) is 20.8 Å². The number of furan rings is 1. The van der Waals surface area contributed by atoms with Gasteiger partial charge < -0.3 is 14.5 Å². The minimum absolute atomic E-state index is 0.273. The molecule has 0 aliphatic rings. The molecule has 4 heteroatoms. The van der Waals surface area contributed by atoms with Gasteiger partial charge >= 0.3 is 0 Å². The Morgan fingerprint density at radius 3 is 2.65 bits per heavy atom. The molecule has 118 valence electrons. The van der Waals surface area contributed by atoms with Gasteiger partial charge in [-0.1, -0.05) is 30.3 Å². The number of amides is 1. The molecule has 1 heterocycles. The van der Waals surface area contributed by atoms with Gasteiger partial charge in [0.15, 0.2) is 5.76 Å². The highest BCUT2D eigenvalue weighted by atomic mass is 16.5. The van der Waals surface area contributed by atoms with Gasteiger partial charge in [-0.25, -0.2) is 0 Å². The molecule has 1 amide bonds. The Morgan fingerprint density at radius 2 is 1.91 bits per heavy atom. The second-order valence-electron chi connectivity index (χ2n) is 5.39. The Morgan fingerprint density at radius 1 is 1.13 bits per heavy atom. The third-order valence-electron chi connectivity index (χ3n) is 3.80. The fourth-order valence-electron chi connectivity index (χ4n) is 2.63. The SMILES string of the molecule is CCOc1ccccc1NC(=O)c1oc2c(C)cccc2c1C. The minimum Gasteiger partial charge on any atom is -0.492 e. The van der Waals surface area contributed by atoms with Crippen LogP contribution in [-0.2, 0) is 0 Å². The number of aryl methyl sites for hydroxylation is 2. The highest BCUT2D eigenvalue weighted by Gasteiger charge is 2.19. The molecule has 1 N–H and O–H groups in total. The lowest BCUT2D eigenvalue weighted by molar-refractivity contribution is 0.0997. The third kappa shape index (κ3) is 2.80. The maximum Gasteiger partial charge on any atom is 0.291 e. The summed E-state index contributed by atoms with van der Waals surface area (Å²) < 4.78 is 11.3. The number of carbonyl (C=O) groups excluding carboxylic acids is 1. The molecule has 0 atom stereocenters. The molecule has 23 heavy (non-hydrogen) atoms. The predicted octanol–water partition coefficient (Wildman–Crippen LogP) is 4.70. The van der Waals surface area contributed by atoms with Gasteiger partial charge in [0.2, 0.25) is 0 Å². The van der Waals surface area contributed by atoms with Crippen LogP contribution in [0.4, 0.5) is 5.69 Å². The van der Waals surface area contributed by atoms with E-state index in [1.807, 2.05) is 63.2 Å². The number of ether oxygens (including phenoxy) is 1. The van der Waals surface area contributed by atoms with Crippen molar-refractivity contribution in [1.82, 2.24) is 0 Å². The van der Waals surface area contributed by atoms with Gasteiger partial charge in [0.25, 0.3) is 5.91 Å². The van der Waals surface area contributed by atoms with Gasteiger partial charge in [0.1, 0.15) is 11.3 Å². The highest BCUT2D eigenvalue weighted by molar-refractivity contribution is 6.07. The zero-order chi connectivity index (χ0) is 16.4. The average Bonchev–Trinajstić information content (AvgIpc) is 2.88. The number of nitrogens with one attached hydrogen (secondary N) is 1. The fourth-order valence-corrected chi connectivity index (χ4v) is 2.63. The van der Waals surface area contributed by atoms with Crippen molar-refractivity contribution in [1.29, 1.82) is 0 Å². The van der Waals surface area contributed by atoms with Crippen LogP contribution < -0.4 is 10.1 Å². The molecule has 0 unspecified atom stereocenters. The van der Waals surface area contributed by atoms with Gasteiger partial charge in [-0.3, -0.25) is 4.79 Å². The van der Waals surface area contributed by atoms with Crippen molar-refractivity contribution in [3.8, 4) is 5.75 Å². The quantitative estimate of drug-likeness (QED) is 0.760. The van der Waals surface area contributed by atoms with Crippen LogP contribution in [-0.4, -0.2) is 12.5 Å². The smallest absolute Gasteiger partial charge is 0.291 e. The molecular weight excluding hydrogens is 290 g/mol. The minimum atomic E-state index is -0.273. The number of fused-ring (bicyclic) bond motifs is 1. The van der Waals surface area contributed by atoms with Crippen molar-refractivity contribution >= 4 is 22.6 Å². The monoisotopic (exact) mass is 309 g/mol. The third-order valence-corrected chi connectivity index (χ3v) is 3.80. The summed E-state index contributed by atoms with van der Waals surface area (Å²) in [5.74, 6) is 0.708. The molecule has 1 aromatic heterocycles. The number of anilines is 1. The molecule has 0 fully saturated rings. The zero-order valence-corrected chi connectivity index (χ0v) is 13.5. The second-order valence-corrected chi connectivity index (χ2v) is 5.39. The maximum absolute atomic E-state index is 12.6. The van der Waals surface area contributed by atoms with Crippen LogP contribution >= 0.6 is 0 Å². The topological polar surface area (TPSA) is 51.5 Å². The van der Waals surface area contributed by atoms with Crippen LogP contribution in [0.3, 0.4) is 0 Å². The van der Waals surface area contributed by atoms with Crippen LogP contribution in [0.5, 0.6) is 5.75 Å². The number of rotatable bonds is 4. The molecule has 3 aromatic rings. The largest absolute Gasteiger partial charge is 0.492 e. The van der Waals surface area contributed by atoms with Gasteiger partial charge in [-0.15, -0.1) is 0 Å². The Hall–Kier alpha value is -2.75. The molecule has 0 aliphatic carbocycles. The molecular formula is C19H19NO3. The second kappa shape index (κ2) is 6.16. The summed E-state index contributed by atoms with van der Waals surface area (Å²) >= 11 is 0. The van der Waals surface area contributed by atoms with Gasteiger partial charge in [-0.05, 0) is 38.5 Å². The zero-order valence-electron chi connectivity index (χ0n) is 13.5. The summed E-state index contributed by atoms with van der Waals surface area (Å²) in [6, 6.07) is 13.3. The van der Waals surface area contributed by atoms with E-state index < -0.39 is 0 Å². The maximum atomic E-state index is 12.6. The van der Waals surface area contributed by atoms with Crippen LogP contribution in [0, 0.1) is 13.8 Å². The summed E-state index contributed by atoms with van der Waals surface area (Å²) in [7, 11) is 0. The molecule has 4 nitrogen and oxygen atoms in total. The molecule has 0 spiro atoms. The summed E-state index contributed by atoms with van der Waals surface area (Å²) in [6.45, 7) is 6.31. The molecule has 0 saturated heterocycles. The molecule has 2 aromatic carbocycles. The van der Waals surface area contributed by atoms with Crippen molar-refractivity contribution in [3.05, 3.63) is 59.4 Å². The first-order valence-corrected chi connectivity index (χ1v) is 7.63. The summed E-state index contributed by atoms with van der Waals surface area (Å²) in [6.07, 6.45) is 0. The van der Waals surface area contributed by atoms with E-state index in [2.05, 4.69) is 5.32 Å².